The van der Waals surface area contributed by atoms with Crippen LogP contribution in [0.4, 0.5) is 5.69 Å². The van der Waals surface area contributed by atoms with Gasteiger partial charge in [-0.15, -0.1) is 0 Å². The van der Waals surface area contributed by atoms with E-state index in [1.807, 2.05) is 18.4 Å². The minimum atomic E-state index is 0.689. The van der Waals surface area contributed by atoms with Crippen molar-refractivity contribution in [2.24, 2.45) is 0 Å². The van der Waals surface area contributed by atoms with Crippen LogP contribution in [0.2, 0.25) is 0 Å². The first-order valence-electron chi connectivity index (χ1n) is 5.21. The van der Waals surface area contributed by atoms with Crippen LogP contribution in [-0.4, -0.2) is 13.0 Å². The average Bonchev–Trinajstić information content (AvgIpc) is 2.31. The number of anilines is 1. The number of hydrogen-bond acceptors (Lipinski definition) is 2. The molecule has 1 aromatic rings. The molecule has 0 saturated heterocycles. The molecular formula is C13H14N2O. The van der Waals surface area contributed by atoms with Crippen LogP contribution < -0.4 is 10.2 Å². The van der Waals surface area contributed by atoms with Gasteiger partial charge in [0, 0.05) is 18.4 Å². The minimum absolute atomic E-state index is 0.689. The van der Waals surface area contributed by atoms with Gasteiger partial charge in [-0.25, -0.2) is 0 Å². The summed E-state index contributed by atoms with van der Waals surface area (Å²) in [5, 5.41) is 2.65. The zero-order chi connectivity index (χ0) is 11.4. The standard InChI is InChI=1S/C13H14N2O/c1-11-4-6-13(7-5-11)15-8-2-3-12(9-15)14-10-16/h2-7,9-10H,8H2,1H3,(H,14,16). The first-order chi connectivity index (χ1) is 7.79. The molecule has 0 radical (unpaired) electrons. The van der Waals surface area contributed by atoms with Crippen molar-refractivity contribution in [1.82, 2.24) is 5.32 Å². The van der Waals surface area contributed by atoms with E-state index in [1.165, 1.54) is 5.56 Å². The number of carbonyl (C=O) groups excluding carboxylic acids is 1. The number of allylic oxidation sites excluding steroid dienone is 1. The number of nitrogens with zero attached hydrogens (tertiary/aromatic N) is 1. The van der Waals surface area contributed by atoms with Crippen molar-refractivity contribution in [2.75, 3.05) is 11.4 Å². The van der Waals surface area contributed by atoms with Crippen LogP contribution in [0, 0.1) is 6.92 Å². The second kappa shape index (κ2) is 4.66. The highest BCUT2D eigenvalue weighted by atomic mass is 16.1. The number of aryl methyl sites for hydroxylation is 1. The SMILES string of the molecule is Cc1ccc(N2C=C(NC=O)C=CC2)cc1. The predicted octanol–water partition coefficient (Wildman–Crippen LogP) is 1.96. The van der Waals surface area contributed by atoms with Crippen LogP contribution in [-0.2, 0) is 4.79 Å². The van der Waals surface area contributed by atoms with Gasteiger partial charge < -0.3 is 10.2 Å². The van der Waals surface area contributed by atoms with Crippen LogP contribution in [0.1, 0.15) is 5.56 Å². The minimum Gasteiger partial charge on any atom is -0.342 e. The Morgan fingerprint density at radius 1 is 1.31 bits per heavy atom. The maximum absolute atomic E-state index is 10.4. The van der Waals surface area contributed by atoms with Crippen LogP contribution in [0.15, 0.2) is 48.3 Å². The highest BCUT2D eigenvalue weighted by Gasteiger charge is 2.06. The lowest BCUT2D eigenvalue weighted by Crippen LogP contribution is -2.23. The molecule has 0 fully saturated rings. The number of rotatable bonds is 3. The number of nitrogens with one attached hydrogen (secondary N) is 1. The first-order valence-corrected chi connectivity index (χ1v) is 5.21. The molecule has 0 unspecified atom stereocenters. The molecule has 0 atom stereocenters. The number of amides is 1. The Hall–Kier alpha value is -2.03. The molecule has 1 aliphatic rings. The van der Waals surface area contributed by atoms with Gasteiger partial charge in [0.25, 0.3) is 0 Å². The Kier molecular flexibility index (Phi) is 3.05. The fraction of sp³-hybridized carbons (Fsp3) is 0.154. The highest BCUT2D eigenvalue weighted by Crippen LogP contribution is 2.18. The van der Waals surface area contributed by atoms with Crippen molar-refractivity contribution >= 4 is 12.1 Å². The Labute approximate surface area is 95.1 Å². The molecule has 2 rings (SSSR count). The van der Waals surface area contributed by atoms with E-state index in [2.05, 4.69) is 41.4 Å². The topological polar surface area (TPSA) is 32.3 Å². The maximum atomic E-state index is 10.4. The molecule has 82 valence electrons. The van der Waals surface area contributed by atoms with Crippen molar-refractivity contribution in [1.29, 1.82) is 0 Å². The lowest BCUT2D eigenvalue weighted by atomic mass is 10.2. The molecule has 3 heteroatoms. The van der Waals surface area contributed by atoms with Crippen molar-refractivity contribution < 1.29 is 4.79 Å². The summed E-state index contributed by atoms with van der Waals surface area (Å²) in [6.45, 7) is 2.89. The van der Waals surface area contributed by atoms with Gasteiger partial charge in [0.1, 0.15) is 0 Å². The van der Waals surface area contributed by atoms with E-state index in [4.69, 9.17) is 0 Å². The van der Waals surface area contributed by atoms with Crippen LogP contribution in [0.5, 0.6) is 0 Å². The summed E-state index contributed by atoms with van der Waals surface area (Å²) in [6, 6.07) is 8.30. The van der Waals surface area contributed by atoms with Crippen molar-refractivity contribution in [3.8, 4) is 0 Å². The van der Waals surface area contributed by atoms with Crippen LogP contribution in [0.3, 0.4) is 0 Å². The molecule has 0 aromatic heterocycles. The van der Waals surface area contributed by atoms with Gasteiger partial charge in [-0.2, -0.15) is 0 Å². The fourth-order valence-electron chi connectivity index (χ4n) is 1.63. The predicted molar refractivity (Wildman–Crippen MR) is 64.9 cm³/mol. The molecule has 0 saturated carbocycles. The summed E-state index contributed by atoms with van der Waals surface area (Å²) >= 11 is 0. The third-order valence-electron chi connectivity index (χ3n) is 2.49. The third kappa shape index (κ3) is 2.31. The van der Waals surface area contributed by atoms with Crippen molar-refractivity contribution in [3.05, 3.63) is 53.9 Å². The summed E-state index contributed by atoms with van der Waals surface area (Å²) < 4.78 is 0. The van der Waals surface area contributed by atoms with Crippen molar-refractivity contribution in [2.45, 2.75) is 6.92 Å². The summed E-state index contributed by atoms with van der Waals surface area (Å²) in [7, 11) is 0. The summed E-state index contributed by atoms with van der Waals surface area (Å²) in [5.41, 5.74) is 3.17. The normalized spacial score (nSPS) is 14.6. The smallest absolute Gasteiger partial charge is 0.211 e. The van der Waals surface area contributed by atoms with Crippen LogP contribution in [0.25, 0.3) is 0 Å². The summed E-state index contributed by atoms with van der Waals surface area (Å²) in [4.78, 5) is 12.4. The Morgan fingerprint density at radius 2 is 2.06 bits per heavy atom. The molecule has 3 nitrogen and oxygen atoms in total. The molecule has 1 amide bonds. The van der Waals surface area contributed by atoms with Gasteiger partial charge in [-0.1, -0.05) is 23.8 Å². The monoisotopic (exact) mass is 214 g/mol. The summed E-state index contributed by atoms with van der Waals surface area (Å²) in [6.07, 6.45) is 6.54. The van der Waals surface area contributed by atoms with Gasteiger partial charge in [0.15, 0.2) is 0 Å². The molecule has 0 aliphatic carbocycles. The molecule has 1 heterocycles. The lowest BCUT2D eigenvalue weighted by Gasteiger charge is -2.23. The van der Waals surface area contributed by atoms with Crippen molar-refractivity contribution in [3.63, 3.8) is 0 Å². The number of carbonyl (C=O) groups is 1. The second-order valence-electron chi connectivity index (χ2n) is 3.74. The Bertz CT molecular complexity index is 432. The molecule has 0 spiro atoms. The first kappa shape index (κ1) is 10.5. The van der Waals surface area contributed by atoms with E-state index in [0.717, 1.165) is 17.9 Å². The summed E-state index contributed by atoms with van der Waals surface area (Å²) in [5.74, 6) is 0. The van der Waals surface area contributed by atoms with E-state index in [9.17, 15) is 4.79 Å². The second-order valence-corrected chi connectivity index (χ2v) is 3.74. The van der Waals surface area contributed by atoms with E-state index < -0.39 is 0 Å². The molecule has 16 heavy (non-hydrogen) atoms. The zero-order valence-corrected chi connectivity index (χ0v) is 9.18. The van der Waals surface area contributed by atoms with E-state index in [1.54, 1.807) is 0 Å². The maximum Gasteiger partial charge on any atom is 0.211 e. The molecule has 1 N–H and O–H groups in total. The third-order valence-corrected chi connectivity index (χ3v) is 2.49. The van der Waals surface area contributed by atoms with E-state index in [0.29, 0.717) is 6.41 Å². The van der Waals surface area contributed by atoms with Gasteiger partial charge in [0.2, 0.25) is 6.41 Å². The largest absolute Gasteiger partial charge is 0.342 e. The Morgan fingerprint density at radius 3 is 2.75 bits per heavy atom. The van der Waals surface area contributed by atoms with E-state index >= 15 is 0 Å². The molecular weight excluding hydrogens is 200 g/mol. The van der Waals surface area contributed by atoms with E-state index in [-0.39, 0.29) is 0 Å². The Balaban J connectivity index is 2.19. The molecule has 0 bridgehead atoms. The van der Waals surface area contributed by atoms with Gasteiger partial charge >= 0.3 is 0 Å². The lowest BCUT2D eigenvalue weighted by molar-refractivity contribution is -0.108. The number of benzene rings is 1. The number of hydrogen-bond donors (Lipinski definition) is 1. The molecule has 1 aliphatic heterocycles. The van der Waals surface area contributed by atoms with Crippen LogP contribution >= 0.6 is 0 Å². The highest BCUT2D eigenvalue weighted by molar-refractivity contribution is 5.57. The average molecular weight is 214 g/mol. The van der Waals surface area contributed by atoms with Gasteiger partial charge in [0.05, 0.1) is 5.70 Å². The van der Waals surface area contributed by atoms with Gasteiger partial charge in [-0.3, -0.25) is 4.79 Å². The fourth-order valence-corrected chi connectivity index (χ4v) is 1.63. The van der Waals surface area contributed by atoms with Gasteiger partial charge in [-0.05, 0) is 25.1 Å². The molecule has 1 aromatic carbocycles. The zero-order valence-electron chi connectivity index (χ0n) is 9.18. The quantitative estimate of drug-likeness (QED) is 0.780.